The molecule has 0 fully saturated rings. The van der Waals surface area contributed by atoms with Crippen molar-refractivity contribution >= 4 is 11.9 Å². The first kappa shape index (κ1) is 14.9. The van der Waals surface area contributed by atoms with Crippen LogP contribution in [0.4, 0.5) is 0 Å². The number of carboxylic acid groups (broad SMARTS) is 1. The van der Waals surface area contributed by atoms with Crippen LogP contribution in [0.2, 0.25) is 0 Å². The molecule has 1 unspecified atom stereocenters. The number of carbonyl (C=O) groups excluding carboxylic acids is 1. The topological polar surface area (TPSA) is 99.3 Å². The summed E-state index contributed by atoms with van der Waals surface area (Å²) < 4.78 is 0. The van der Waals surface area contributed by atoms with Crippen molar-refractivity contribution < 1.29 is 14.7 Å². The van der Waals surface area contributed by atoms with Crippen molar-refractivity contribution in [3.63, 3.8) is 0 Å². The van der Waals surface area contributed by atoms with Crippen LogP contribution in [0.25, 0.3) is 0 Å². The lowest BCUT2D eigenvalue weighted by Gasteiger charge is -2.19. The summed E-state index contributed by atoms with van der Waals surface area (Å²) in [7, 11) is 0. The predicted molar refractivity (Wildman–Crippen MR) is 70.1 cm³/mol. The van der Waals surface area contributed by atoms with E-state index in [1.54, 1.807) is 19.9 Å². The van der Waals surface area contributed by atoms with E-state index in [9.17, 15) is 14.4 Å². The summed E-state index contributed by atoms with van der Waals surface area (Å²) in [5.74, 6) is -1.99. The van der Waals surface area contributed by atoms with Crippen molar-refractivity contribution in [2.45, 2.75) is 33.2 Å². The zero-order valence-electron chi connectivity index (χ0n) is 11.2. The third kappa shape index (κ3) is 3.67. The van der Waals surface area contributed by atoms with E-state index in [1.165, 1.54) is 6.07 Å². The van der Waals surface area contributed by atoms with Crippen LogP contribution in [-0.4, -0.2) is 28.0 Å². The molecule has 0 aromatic carbocycles. The Morgan fingerprint density at radius 1 is 1.42 bits per heavy atom. The molecule has 1 heterocycles. The van der Waals surface area contributed by atoms with Gasteiger partial charge in [-0.1, -0.05) is 20.3 Å². The number of aryl methyl sites for hydroxylation is 1. The Kier molecular flexibility index (Phi) is 4.86. The first-order chi connectivity index (χ1) is 8.86. The van der Waals surface area contributed by atoms with E-state index in [0.29, 0.717) is 12.1 Å². The van der Waals surface area contributed by atoms with Gasteiger partial charge in [0, 0.05) is 5.69 Å². The zero-order chi connectivity index (χ0) is 14.6. The second-order valence-electron chi connectivity index (χ2n) is 4.56. The molecule has 0 radical (unpaired) electrons. The summed E-state index contributed by atoms with van der Waals surface area (Å²) >= 11 is 0. The van der Waals surface area contributed by atoms with Crippen LogP contribution in [0, 0.1) is 12.8 Å². The average molecular weight is 266 g/mol. The van der Waals surface area contributed by atoms with Gasteiger partial charge in [-0.25, -0.2) is 4.79 Å². The Bertz CT molecular complexity index is 536. The van der Waals surface area contributed by atoms with Crippen LogP contribution < -0.4 is 10.9 Å². The first-order valence-corrected chi connectivity index (χ1v) is 6.10. The van der Waals surface area contributed by atoms with E-state index in [2.05, 4.69) is 10.3 Å². The Morgan fingerprint density at radius 3 is 2.53 bits per heavy atom. The minimum atomic E-state index is -1.11. The molecule has 1 aromatic heterocycles. The molecule has 0 aliphatic carbocycles. The smallest absolute Gasteiger partial charge is 0.326 e. The molecule has 2 atom stereocenters. The number of nitrogens with one attached hydrogen (secondary N) is 2. The second kappa shape index (κ2) is 6.17. The van der Waals surface area contributed by atoms with E-state index in [-0.39, 0.29) is 11.5 Å². The molecular formula is C13H18N2O4. The van der Waals surface area contributed by atoms with E-state index in [1.807, 2.05) is 6.92 Å². The number of carboxylic acids is 1. The summed E-state index contributed by atoms with van der Waals surface area (Å²) in [6.07, 6.45) is 0.613. The molecule has 0 bridgehead atoms. The average Bonchev–Trinajstić information content (AvgIpc) is 2.34. The highest BCUT2D eigenvalue weighted by atomic mass is 16.4. The van der Waals surface area contributed by atoms with Gasteiger partial charge >= 0.3 is 5.97 Å². The maximum atomic E-state index is 11.9. The van der Waals surface area contributed by atoms with Crippen LogP contribution in [0.1, 0.15) is 36.3 Å². The SMILES string of the molecule is CCC(C)[C@H](NC(=O)c1ccc(C)[nH]c1=O)C(=O)O. The highest BCUT2D eigenvalue weighted by molar-refractivity contribution is 5.96. The number of rotatable bonds is 5. The predicted octanol–water partition coefficient (Wildman–Crippen LogP) is 0.912. The zero-order valence-corrected chi connectivity index (χ0v) is 11.2. The number of aliphatic carboxylic acids is 1. The molecule has 0 saturated heterocycles. The number of H-pyrrole nitrogens is 1. The fourth-order valence-electron chi connectivity index (χ4n) is 1.65. The summed E-state index contributed by atoms with van der Waals surface area (Å²) in [5.41, 5.74) is 0.0317. The van der Waals surface area contributed by atoms with E-state index < -0.39 is 23.5 Å². The lowest BCUT2D eigenvalue weighted by atomic mass is 9.99. The van der Waals surface area contributed by atoms with E-state index in [0.717, 1.165) is 0 Å². The number of pyridine rings is 1. The number of hydrogen-bond donors (Lipinski definition) is 3. The summed E-state index contributed by atoms with van der Waals surface area (Å²) in [4.78, 5) is 37.1. The monoisotopic (exact) mass is 266 g/mol. The maximum absolute atomic E-state index is 11.9. The Morgan fingerprint density at radius 2 is 2.05 bits per heavy atom. The first-order valence-electron chi connectivity index (χ1n) is 6.10. The third-order valence-electron chi connectivity index (χ3n) is 3.07. The number of amides is 1. The fourth-order valence-corrected chi connectivity index (χ4v) is 1.65. The molecule has 0 aliphatic rings. The molecular weight excluding hydrogens is 248 g/mol. The highest BCUT2D eigenvalue weighted by Crippen LogP contribution is 2.08. The van der Waals surface area contributed by atoms with Crippen LogP contribution in [0.3, 0.4) is 0 Å². The van der Waals surface area contributed by atoms with Crippen LogP contribution in [0.15, 0.2) is 16.9 Å². The van der Waals surface area contributed by atoms with Gasteiger partial charge in [0.25, 0.3) is 11.5 Å². The third-order valence-corrected chi connectivity index (χ3v) is 3.07. The summed E-state index contributed by atoms with van der Waals surface area (Å²) in [6.45, 7) is 5.27. The van der Waals surface area contributed by atoms with Gasteiger partial charge in [-0.2, -0.15) is 0 Å². The van der Waals surface area contributed by atoms with Gasteiger partial charge in [0.15, 0.2) is 0 Å². The van der Waals surface area contributed by atoms with Crippen molar-refractivity contribution in [2.75, 3.05) is 0 Å². The maximum Gasteiger partial charge on any atom is 0.326 e. The van der Waals surface area contributed by atoms with E-state index in [4.69, 9.17) is 5.11 Å². The van der Waals surface area contributed by atoms with Gasteiger partial charge in [-0.15, -0.1) is 0 Å². The van der Waals surface area contributed by atoms with Gasteiger partial charge in [-0.05, 0) is 25.0 Å². The van der Waals surface area contributed by atoms with Crippen LogP contribution in [-0.2, 0) is 4.79 Å². The minimum Gasteiger partial charge on any atom is -0.480 e. The molecule has 6 nitrogen and oxygen atoms in total. The van der Waals surface area contributed by atoms with Crippen molar-refractivity contribution in [3.05, 3.63) is 33.7 Å². The van der Waals surface area contributed by atoms with Crippen molar-refractivity contribution in [1.82, 2.24) is 10.3 Å². The lowest BCUT2D eigenvalue weighted by Crippen LogP contribution is -2.46. The largest absolute Gasteiger partial charge is 0.480 e. The Balaban J connectivity index is 2.94. The molecule has 0 spiro atoms. The molecule has 19 heavy (non-hydrogen) atoms. The fraction of sp³-hybridized carbons (Fsp3) is 0.462. The van der Waals surface area contributed by atoms with Gasteiger partial charge in [0.2, 0.25) is 0 Å². The number of aromatic nitrogens is 1. The standard InChI is InChI=1S/C13H18N2O4/c1-4-7(2)10(13(18)19)15-12(17)9-6-5-8(3)14-11(9)16/h5-7,10H,4H2,1-3H3,(H,14,16)(H,15,17)(H,18,19)/t7?,10-/m0/s1. The summed E-state index contributed by atoms with van der Waals surface area (Å²) in [5, 5.41) is 11.5. The minimum absolute atomic E-state index is 0.0832. The number of aromatic amines is 1. The number of carbonyl (C=O) groups is 2. The molecule has 1 aromatic rings. The summed E-state index contributed by atoms with van der Waals surface area (Å²) in [6, 6.07) is 1.98. The molecule has 1 amide bonds. The van der Waals surface area contributed by atoms with Crippen LogP contribution in [0.5, 0.6) is 0 Å². The van der Waals surface area contributed by atoms with Gasteiger partial charge in [-0.3, -0.25) is 9.59 Å². The van der Waals surface area contributed by atoms with E-state index >= 15 is 0 Å². The number of hydrogen-bond acceptors (Lipinski definition) is 3. The molecule has 1 rings (SSSR count). The van der Waals surface area contributed by atoms with Gasteiger partial charge in [0.1, 0.15) is 11.6 Å². The lowest BCUT2D eigenvalue weighted by molar-refractivity contribution is -0.140. The second-order valence-corrected chi connectivity index (χ2v) is 4.56. The van der Waals surface area contributed by atoms with Crippen molar-refractivity contribution in [3.8, 4) is 0 Å². The molecule has 0 aliphatic heterocycles. The highest BCUT2D eigenvalue weighted by Gasteiger charge is 2.26. The normalized spacial score (nSPS) is 13.6. The van der Waals surface area contributed by atoms with Crippen molar-refractivity contribution in [2.24, 2.45) is 5.92 Å². The Hall–Kier alpha value is -2.11. The van der Waals surface area contributed by atoms with Gasteiger partial charge < -0.3 is 15.4 Å². The molecule has 0 saturated carbocycles. The van der Waals surface area contributed by atoms with Crippen molar-refractivity contribution in [1.29, 1.82) is 0 Å². The van der Waals surface area contributed by atoms with Gasteiger partial charge in [0.05, 0.1) is 0 Å². The van der Waals surface area contributed by atoms with Crippen LogP contribution >= 0.6 is 0 Å². The Labute approximate surface area is 110 Å². The quantitative estimate of drug-likeness (QED) is 0.737. The molecule has 104 valence electrons. The molecule has 6 heteroatoms. The molecule has 3 N–H and O–H groups in total.